The van der Waals surface area contributed by atoms with Crippen molar-refractivity contribution in [1.82, 2.24) is 0 Å². The van der Waals surface area contributed by atoms with Gasteiger partial charge in [0.15, 0.2) is 0 Å². The number of rotatable bonds is 4. The van der Waals surface area contributed by atoms with Gasteiger partial charge in [-0.2, -0.15) is 0 Å². The molecule has 0 aliphatic rings. The number of hydrogen-bond acceptors (Lipinski definition) is 1. The fraction of sp³-hybridized carbons (Fsp3) is 0.571. The Hall–Kier alpha value is -0.530. The highest BCUT2D eigenvalue weighted by atomic mass is 35.5. The summed E-state index contributed by atoms with van der Waals surface area (Å²) in [7, 11) is 0. The van der Waals surface area contributed by atoms with Crippen LogP contribution in [0.2, 0.25) is 0 Å². The molecule has 0 radical (unpaired) electrons. The smallest absolute Gasteiger partial charge is 0.0586 e. The third kappa shape index (κ3) is 3.80. The molecule has 2 heteroatoms. The van der Waals surface area contributed by atoms with Gasteiger partial charge in [-0.15, -0.1) is 11.6 Å². The Morgan fingerprint density at radius 2 is 1.75 bits per heavy atom. The van der Waals surface area contributed by atoms with Crippen LogP contribution in [0.4, 0.5) is 0 Å². The lowest BCUT2D eigenvalue weighted by Crippen LogP contribution is -2.10. The van der Waals surface area contributed by atoms with E-state index in [4.69, 9.17) is 16.7 Å². The molecule has 0 amide bonds. The van der Waals surface area contributed by atoms with Gasteiger partial charge in [0.05, 0.1) is 5.38 Å². The second-order valence-electron chi connectivity index (χ2n) is 5.21. The third-order valence-corrected chi connectivity index (χ3v) is 3.22. The highest BCUT2D eigenvalue weighted by molar-refractivity contribution is 6.20. The zero-order valence-corrected chi connectivity index (χ0v) is 11.1. The van der Waals surface area contributed by atoms with Crippen LogP contribution in [0.5, 0.6) is 0 Å². The molecule has 0 saturated carbocycles. The van der Waals surface area contributed by atoms with E-state index in [-0.39, 0.29) is 17.4 Å². The maximum absolute atomic E-state index is 8.75. The van der Waals surface area contributed by atoms with Crippen molar-refractivity contribution >= 4 is 11.6 Å². The minimum Gasteiger partial charge on any atom is -0.396 e. The molecule has 0 bridgehead atoms. The van der Waals surface area contributed by atoms with E-state index in [1.54, 1.807) is 0 Å². The molecular weight excluding hydrogens is 220 g/mol. The third-order valence-electron chi connectivity index (χ3n) is 2.75. The maximum Gasteiger partial charge on any atom is 0.0586 e. The maximum atomic E-state index is 8.75. The van der Waals surface area contributed by atoms with Crippen LogP contribution in [0.1, 0.15) is 50.1 Å². The first-order valence-electron chi connectivity index (χ1n) is 5.80. The van der Waals surface area contributed by atoms with E-state index in [2.05, 4.69) is 45.0 Å². The largest absolute Gasteiger partial charge is 0.396 e. The molecule has 1 aromatic carbocycles. The summed E-state index contributed by atoms with van der Waals surface area (Å²) in [4.78, 5) is 0. The summed E-state index contributed by atoms with van der Waals surface area (Å²) in [5.41, 5.74) is 2.65. The number of aliphatic hydroxyl groups is 1. The van der Waals surface area contributed by atoms with Gasteiger partial charge >= 0.3 is 0 Å². The van der Waals surface area contributed by atoms with E-state index >= 15 is 0 Å². The number of alkyl halides is 1. The molecule has 0 aliphatic carbocycles. The Balaban J connectivity index is 2.71. The summed E-state index contributed by atoms with van der Waals surface area (Å²) < 4.78 is 0. The normalized spacial score (nSPS) is 13.8. The van der Waals surface area contributed by atoms with Gasteiger partial charge in [0.2, 0.25) is 0 Å². The average Bonchev–Trinajstić information content (AvgIpc) is 2.25. The van der Waals surface area contributed by atoms with Crippen molar-refractivity contribution in [3.8, 4) is 0 Å². The molecule has 90 valence electrons. The molecule has 0 heterocycles. The van der Waals surface area contributed by atoms with E-state index in [1.165, 1.54) is 5.56 Å². The molecule has 0 fully saturated rings. The van der Waals surface area contributed by atoms with Gasteiger partial charge in [0, 0.05) is 6.61 Å². The number of halogens is 1. The van der Waals surface area contributed by atoms with Crippen LogP contribution in [0, 0.1) is 0 Å². The van der Waals surface area contributed by atoms with Gasteiger partial charge in [0.25, 0.3) is 0 Å². The Bertz CT molecular complexity index is 311. The molecule has 1 atom stereocenters. The van der Waals surface area contributed by atoms with Gasteiger partial charge in [-0.25, -0.2) is 0 Å². The van der Waals surface area contributed by atoms with Crippen LogP contribution in [-0.4, -0.2) is 11.7 Å². The summed E-state index contributed by atoms with van der Waals surface area (Å²) in [6.45, 7) is 6.81. The van der Waals surface area contributed by atoms with E-state index in [0.29, 0.717) is 0 Å². The average molecular weight is 241 g/mol. The molecule has 16 heavy (non-hydrogen) atoms. The summed E-state index contributed by atoms with van der Waals surface area (Å²) in [5.74, 6) is 0. The summed E-state index contributed by atoms with van der Waals surface area (Å²) >= 11 is 6.24. The Kier molecular flexibility index (Phi) is 4.82. The van der Waals surface area contributed by atoms with Crippen LogP contribution in [0.15, 0.2) is 24.3 Å². The quantitative estimate of drug-likeness (QED) is 0.788. The monoisotopic (exact) mass is 240 g/mol. The molecule has 1 aromatic rings. The molecule has 1 nitrogen and oxygen atoms in total. The first kappa shape index (κ1) is 13.5. The molecular formula is C14H21ClO. The SMILES string of the molecule is CC(C)(C)c1ccc(C(Cl)CCCO)cc1. The standard InChI is InChI=1S/C14H21ClO/c1-14(2,3)12-8-6-11(7-9-12)13(15)5-4-10-16/h6-9,13,16H,4-5,10H2,1-3H3. The second kappa shape index (κ2) is 5.70. The molecule has 0 saturated heterocycles. The van der Waals surface area contributed by atoms with Gasteiger partial charge < -0.3 is 5.11 Å². The summed E-state index contributed by atoms with van der Waals surface area (Å²) in [5, 5.41) is 8.77. The van der Waals surface area contributed by atoms with Gasteiger partial charge in [0.1, 0.15) is 0 Å². The van der Waals surface area contributed by atoms with Crippen LogP contribution < -0.4 is 0 Å². The van der Waals surface area contributed by atoms with Crippen molar-refractivity contribution in [1.29, 1.82) is 0 Å². The summed E-state index contributed by atoms with van der Waals surface area (Å²) in [6, 6.07) is 8.47. The Morgan fingerprint density at radius 3 is 2.19 bits per heavy atom. The lowest BCUT2D eigenvalue weighted by Gasteiger charge is -2.19. The van der Waals surface area contributed by atoms with Crippen molar-refractivity contribution in [3.63, 3.8) is 0 Å². The van der Waals surface area contributed by atoms with E-state index < -0.39 is 0 Å². The first-order valence-corrected chi connectivity index (χ1v) is 6.24. The fourth-order valence-corrected chi connectivity index (χ4v) is 1.93. The lowest BCUT2D eigenvalue weighted by molar-refractivity contribution is 0.284. The zero-order chi connectivity index (χ0) is 12.2. The van der Waals surface area contributed by atoms with Crippen molar-refractivity contribution < 1.29 is 5.11 Å². The topological polar surface area (TPSA) is 20.2 Å². The number of benzene rings is 1. The van der Waals surface area contributed by atoms with Crippen LogP contribution in [0.3, 0.4) is 0 Å². The van der Waals surface area contributed by atoms with Gasteiger partial charge in [-0.3, -0.25) is 0 Å². The van der Waals surface area contributed by atoms with E-state index in [1.807, 2.05) is 0 Å². The van der Waals surface area contributed by atoms with Crippen LogP contribution in [-0.2, 0) is 5.41 Å². The molecule has 1 unspecified atom stereocenters. The second-order valence-corrected chi connectivity index (χ2v) is 5.73. The Morgan fingerprint density at radius 1 is 1.19 bits per heavy atom. The lowest BCUT2D eigenvalue weighted by atomic mass is 9.86. The van der Waals surface area contributed by atoms with E-state index in [0.717, 1.165) is 18.4 Å². The van der Waals surface area contributed by atoms with E-state index in [9.17, 15) is 0 Å². The highest BCUT2D eigenvalue weighted by Gasteiger charge is 2.14. The predicted octanol–water partition coefficient (Wildman–Crippen LogP) is 4.04. The number of aliphatic hydroxyl groups excluding tert-OH is 1. The highest BCUT2D eigenvalue weighted by Crippen LogP contribution is 2.28. The van der Waals surface area contributed by atoms with Crippen LogP contribution >= 0.6 is 11.6 Å². The predicted molar refractivity (Wildman–Crippen MR) is 70.1 cm³/mol. The molecule has 0 aliphatic heterocycles. The van der Waals surface area contributed by atoms with Crippen molar-refractivity contribution in [2.45, 2.75) is 44.4 Å². The van der Waals surface area contributed by atoms with Crippen molar-refractivity contribution in [2.75, 3.05) is 6.61 Å². The van der Waals surface area contributed by atoms with Gasteiger partial charge in [-0.05, 0) is 29.4 Å². The molecule has 1 rings (SSSR count). The first-order chi connectivity index (χ1) is 7.45. The molecule has 1 N–H and O–H groups in total. The van der Waals surface area contributed by atoms with Crippen molar-refractivity contribution in [2.24, 2.45) is 0 Å². The zero-order valence-electron chi connectivity index (χ0n) is 10.3. The minimum atomic E-state index is 0.0150. The fourth-order valence-electron chi connectivity index (χ4n) is 1.63. The Labute approximate surface area is 103 Å². The molecule has 0 aromatic heterocycles. The number of hydrogen-bond donors (Lipinski definition) is 1. The molecule has 0 spiro atoms. The minimum absolute atomic E-state index is 0.0150. The van der Waals surface area contributed by atoms with Crippen molar-refractivity contribution in [3.05, 3.63) is 35.4 Å². The van der Waals surface area contributed by atoms with Crippen LogP contribution in [0.25, 0.3) is 0 Å². The summed E-state index contributed by atoms with van der Waals surface area (Å²) in [6.07, 6.45) is 1.59. The van der Waals surface area contributed by atoms with Gasteiger partial charge in [-0.1, -0.05) is 45.0 Å².